The standard InChI is InChI=1S/C24H23N3O4/c1-29-19-13-16(14-20(30-2)22(19)31-3)24(28)27-21(15-9-5-4-6-10-15)23-25-17-11-7-8-12-18(17)26-23/h4-14,21H,1-3H3,(H,25,26)(H,27,28). The molecular formula is C24H23N3O4. The van der Waals surface area contributed by atoms with Gasteiger partial charge in [0.05, 0.1) is 32.4 Å². The fraction of sp³-hybridized carbons (Fsp3) is 0.167. The van der Waals surface area contributed by atoms with Crippen molar-refractivity contribution >= 4 is 16.9 Å². The third kappa shape index (κ3) is 4.02. The van der Waals surface area contributed by atoms with Crippen LogP contribution in [0.25, 0.3) is 11.0 Å². The zero-order chi connectivity index (χ0) is 21.8. The lowest BCUT2D eigenvalue weighted by atomic mass is 10.1. The van der Waals surface area contributed by atoms with E-state index in [2.05, 4.69) is 10.3 Å². The normalized spacial score (nSPS) is 11.7. The Kier molecular flexibility index (Phi) is 5.75. The second kappa shape index (κ2) is 8.79. The minimum absolute atomic E-state index is 0.298. The molecule has 31 heavy (non-hydrogen) atoms. The summed E-state index contributed by atoms with van der Waals surface area (Å²) in [4.78, 5) is 21.3. The number of carbonyl (C=O) groups is 1. The van der Waals surface area contributed by atoms with Gasteiger partial charge in [0.2, 0.25) is 5.75 Å². The van der Waals surface area contributed by atoms with Crippen LogP contribution in [0, 0.1) is 0 Å². The maximum Gasteiger partial charge on any atom is 0.252 e. The number of aromatic nitrogens is 2. The molecule has 1 atom stereocenters. The van der Waals surface area contributed by atoms with Crippen LogP contribution < -0.4 is 19.5 Å². The Morgan fingerprint density at radius 3 is 2.16 bits per heavy atom. The van der Waals surface area contributed by atoms with Crippen molar-refractivity contribution in [3.8, 4) is 17.2 Å². The van der Waals surface area contributed by atoms with Crippen molar-refractivity contribution in [1.29, 1.82) is 0 Å². The zero-order valence-electron chi connectivity index (χ0n) is 17.5. The number of nitrogens with one attached hydrogen (secondary N) is 2. The molecule has 1 unspecified atom stereocenters. The van der Waals surface area contributed by atoms with Crippen LogP contribution in [0.2, 0.25) is 0 Å². The summed E-state index contributed by atoms with van der Waals surface area (Å²) in [6.45, 7) is 0. The number of carbonyl (C=O) groups excluding carboxylic acids is 1. The molecule has 0 radical (unpaired) electrons. The molecule has 7 nitrogen and oxygen atoms in total. The number of nitrogens with zero attached hydrogens (tertiary/aromatic N) is 1. The van der Waals surface area contributed by atoms with Gasteiger partial charge in [0, 0.05) is 5.56 Å². The number of hydrogen-bond acceptors (Lipinski definition) is 5. The number of ether oxygens (including phenoxy) is 3. The van der Waals surface area contributed by atoms with E-state index in [-0.39, 0.29) is 5.91 Å². The van der Waals surface area contributed by atoms with Gasteiger partial charge in [0.15, 0.2) is 11.5 Å². The van der Waals surface area contributed by atoms with Gasteiger partial charge in [-0.3, -0.25) is 4.79 Å². The Hall–Kier alpha value is -4.00. The minimum Gasteiger partial charge on any atom is -0.493 e. The molecule has 0 aliphatic heterocycles. The molecule has 0 aliphatic rings. The number of imidazole rings is 1. The molecule has 0 spiro atoms. The number of methoxy groups -OCH3 is 3. The molecule has 7 heteroatoms. The van der Waals surface area contributed by atoms with Crippen molar-refractivity contribution in [3.05, 3.63) is 83.7 Å². The third-order valence-electron chi connectivity index (χ3n) is 5.02. The van der Waals surface area contributed by atoms with Crippen LogP contribution in [-0.4, -0.2) is 37.2 Å². The van der Waals surface area contributed by atoms with Crippen LogP contribution in [0.3, 0.4) is 0 Å². The van der Waals surface area contributed by atoms with Crippen LogP contribution in [0.1, 0.15) is 27.8 Å². The lowest BCUT2D eigenvalue weighted by Gasteiger charge is -2.19. The van der Waals surface area contributed by atoms with Crippen molar-refractivity contribution < 1.29 is 19.0 Å². The first-order valence-corrected chi connectivity index (χ1v) is 9.75. The van der Waals surface area contributed by atoms with E-state index in [4.69, 9.17) is 19.2 Å². The van der Waals surface area contributed by atoms with Crippen molar-refractivity contribution in [3.63, 3.8) is 0 Å². The zero-order valence-corrected chi connectivity index (χ0v) is 17.5. The van der Waals surface area contributed by atoms with Crippen molar-refractivity contribution in [2.45, 2.75) is 6.04 Å². The lowest BCUT2D eigenvalue weighted by Crippen LogP contribution is -2.30. The van der Waals surface area contributed by atoms with Crippen molar-refractivity contribution in [1.82, 2.24) is 15.3 Å². The van der Waals surface area contributed by atoms with Gasteiger partial charge in [-0.2, -0.15) is 0 Å². The topological polar surface area (TPSA) is 85.5 Å². The molecule has 4 rings (SSSR count). The van der Waals surface area contributed by atoms with Gasteiger partial charge in [-0.15, -0.1) is 0 Å². The summed E-state index contributed by atoms with van der Waals surface area (Å²) in [7, 11) is 4.55. The molecular weight excluding hydrogens is 394 g/mol. The Bertz CT molecular complexity index is 1150. The summed E-state index contributed by atoms with van der Waals surface area (Å²) in [5, 5.41) is 3.08. The Morgan fingerprint density at radius 1 is 0.903 bits per heavy atom. The highest BCUT2D eigenvalue weighted by Gasteiger charge is 2.23. The minimum atomic E-state index is -0.472. The van der Waals surface area contributed by atoms with E-state index in [0.29, 0.717) is 28.6 Å². The van der Waals surface area contributed by atoms with E-state index in [0.717, 1.165) is 16.6 Å². The lowest BCUT2D eigenvalue weighted by molar-refractivity contribution is 0.0941. The highest BCUT2D eigenvalue weighted by molar-refractivity contribution is 5.96. The number of amides is 1. The van der Waals surface area contributed by atoms with Gasteiger partial charge in [-0.1, -0.05) is 42.5 Å². The predicted octanol–water partition coefficient (Wildman–Crippen LogP) is 4.11. The smallest absolute Gasteiger partial charge is 0.252 e. The second-order valence-corrected chi connectivity index (χ2v) is 6.87. The number of H-pyrrole nitrogens is 1. The monoisotopic (exact) mass is 417 g/mol. The quantitative estimate of drug-likeness (QED) is 0.473. The summed E-state index contributed by atoms with van der Waals surface area (Å²) in [6.07, 6.45) is 0. The van der Waals surface area contributed by atoms with Gasteiger partial charge >= 0.3 is 0 Å². The molecule has 1 heterocycles. The number of fused-ring (bicyclic) bond motifs is 1. The SMILES string of the molecule is COc1cc(C(=O)NC(c2ccccc2)c2nc3ccccc3[nH]2)cc(OC)c1OC. The van der Waals surface area contributed by atoms with Crippen molar-refractivity contribution in [2.24, 2.45) is 0 Å². The maximum absolute atomic E-state index is 13.2. The van der Waals surface area contributed by atoms with Crippen LogP contribution in [0.4, 0.5) is 0 Å². The molecule has 1 amide bonds. The van der Waals surface area contributed by atoms with Gasteiger partial charge in [-0.25, -0.2) is 4.98 Å². The molecule has 0 bridgehead atoms. The Labute approximate surface area is 180 Å². The number of rotatable bonds is 7. The molecule has 2 N–H and O–H groups in total. The number of benzene rings is 3. The summed E-state index contributed by atoms with van der Waals surface area (Å²) < 4.78 is 16.1. The second-order valence-electron chi connectivity index (χ2n) is 6.87. The summed E-state index contributed by atoms with van der Waals surface area (Å²) >= 11 is 0. The van der Waals surface area contributed by atoms with E-state index in [1.54, 1.807) is 12.1 Å². The van der Waals surface area contributed by atoms with Crippen LogP contribution >= 0.6 is 0 Å². The molecule has 0 saturated carbocycles. The van der Waals surface area contributed by atoms with E-state index >= 15 is 0 Å². The first kappa shape index (κ1) is 20.3. The Balaban J connectivity index is 1.73. The number of para-hydroxylation sites is 2. The fourth-order valence-electron chi connectivity index (χ4n) is 3.49. The molecule has 1 aromatic heterocycles. The first-order valence-electron chi connectivity index (χ1n) is 9.75. The van der Waals surface area contributed by atoms with Crippen molar-refractivity contribution in [2.75, 3.05) is 21.3 Å². The average molecular weight is 417 g/mol. The van der Waals surface area contributed by atoms with Crippen LogP contribution in [0.15, 0.2) is 66.7 Å². The molecule has 158 valence electrons. The summed E-state index contributed by atoms with van der Waals surface area (Å²) in [5.41, 5.74) is 3.02. The largest absolute Gasteiger partial charge is 0.493 e. The molecule has 0 saturated heterocycles. The Morgan fingerprint density at radius 2 is 1.55 bits per heavy atom. The molecule has 0 fully saturated rings. The number of hydrogen-bond donors (Lipinski definition) is 2. The molecule has 3 aromatic carbocycles. The van der Waals surface area contributed by atoms with E-state index < -0.39 is 6.04 Å². The maximum atomic E-state index is 13.2. The summed E-state index contributed by atoms with van der Waals surface area (Å²) in [6, 6.07) is 20.2. The van der Waals surface area contributed by atoms with Gasteiger partial charge in [-0.05, 0) is 29.8 Å². The fourth-order valence-corrected chi connectivity index (χ4v) is 3.49. The van der Waals surface area contributed by atoms with Gasteiger partial charge in [0.1, 0.15) is 11.9 Å². The average Bonchev–Trinajstić information content (AvgIpc) is 3.25. The molecule has 0 aliphatic carbocycles. The molecule has 4 aromatic rings. The highest BCUT2D eigenvalue weighted by Crippen LogP contribution is 2.38. The third-order valence-corrected chi connectivity index (χ3v) is 5.02. The van der Waals surface area contributed by atoms with Crippen LogP contribution in [-0.2, 0) is 0 Å². The van der Waals surface area contributed by atoms with E-state index in [9.17, 15) is 4.79 Å². The predicted molar refractivity (Wildman–Crippen MR) is 118 cm³/mol. The first-order chi connectivity index (χ1) is 15.1. The summed E-state index contributed by atoms with van der Waals surface area (Å²) in [5.74, 6) is 1.60. The highest BCUT2D eigenvalue weighted by atomic mass is 16.5. The van der Waals surface area contributed by atoms with E-state index in [1.807, 2.05) is 54.6 Å². The van der Waals surface area contributed by atoms with E-state index in [1.165, 1.54) is 21.3 Å². The van der Waals surface area contributed by atoms with Gasteiger partial charge < -0.3 is 24.5 Å². The van der Waals surface area contributed by atoms with Crippen LogP contribution in [0.5, 0.6) is 17.2 Å². The van der Waals surface area contributed by atoms with Gasteiger partial charge in [0.25, 0.3) is 5.91 Å². The number of aromatic amines is 1.